The molecule has 0 fully saturated rings. The summed E-state index contributed by atoms with van der Waals surface area (Å²) in [7, 11) is -3.57. The fourth-order valence-corrected chi connectivity index (χ4v) is 3.10. The predicted molar refractivity (Wildman–Crippen MR) is 92.9 cm³/mol. The first kappa shape index (κ1) is 18.7. The number of esters is 1. The zero-order valence-corrected chi connectivity index (χ0v) is 14.8. The summed E-state index contributed by atoms with van der Waals surface area (Å²) in [6, 6.07) is 13.3. The Labute approximate surface area is 146 Å². The van der Waals surface area contributed by atoms with E-state index in [9.17, 15) is 18.0 Å². The molecule has 1 amide bonds. The highest BCUT2D eigenvalue weighted by Gasteiger charge is 2.20. The standard InChI is InChI=1S/C18H19NO5S/c1-13-7-3-4-8-14(13)11-19-17(20)12-24-18(21)15-9-5-6-10-16(15)25(2,22)23/h3-10H,11-12H2,1-2H3,(H,19,20). The van der Waals surface area contributed by atoms with Gasteiger partial charge in [0.25, 0.3) is 5.91 Å². The number of sulfone groups is 1. The van der Waals surface area contributed by atoms with E-state index in [0.29, 0.717) is 6.54 Å². The van der Waals surface area contributed by atoms with E-state index in [2.05, 4.69) is 5.32 Å². The topological polar surface area (TPSA) is 89.5 Å². The maximum Gasteiger partial charge on any atom is 0.339 e. The van der Waals surface area contributed by atoms with Gasteiger partial charge in [-0.1, -0.05) is 36.4 Å². The van der Waals surface area contributed by atoms with Crippen LogP contribution >= 0.6 is 0 Å². The highest BCUT2D eigenvalue weighted by Crippen LogP contribution is 2.16. The number of benzene rings is 2. The average Bonchev–Trinajstić information content (AvgIpc) is 2.58. The number of hydrogen-bond donors (Lipinski definition) is 1. The van der Waals surface area contributed by atoms with Gasteiger partial charge in [-0.2, -0.15) is 0 Å². The van der Waals surface area contributed by atoms with Gasteiger partial charge in [0.2, 0.25) is 0 Å². The predicted octanol–water partition coefficient (Wildman–Crippen LogP) is 1.87. The van der Waals surface area contributed by atoms with Crippen molar-refractivity contribution < 1.29 is 22.7 Å². The Kier molecular flexibility index (Phi) is 5.93. The van der Waals surface area contributed by atoms with Gasteiger partial charge < -0.3 is 10.1 Å². The Bertz CT molecular complexity index is 890. The average molecular weight is 361 g/mol. The van der Waals surface area contributed by atoms with Gasteiger partial charge in [0.1, 0.15) is 0 Å². The first-order valence-electron chi connectivity index (χ1n) is 7.56. The third-order valence-corrected chi connectivity index (χ3v) is 4.73. The summed E-state index contributed by atoms with van der Waals surface area (Å²) in [5.41, 5.74) is 1.92. The molecule has 0 radical (unpaired) electrons. The number of carbonyl (C=O) groups excluding carboxylic acids is 2. The molecule has 0 saturated carbocycles. The molecular weight excluding hydrogens is 342 g/mol. The molecule has 2 aromatic rings. The summed E-state index contributed by atoms with van der Waals surface area (Å²) in [5.74, 6) is -1.32. The molecule has 0 bridgehead atoms. The van der Waals surface area contributed by atoms with Crippen LogP contribution in [0.25, 0.3) is 0 Å². The Hall–Kier alpha value is -2.67. The van der Waals surface area contributed by atoms with Crippen molar-refractivity contribution in [2.24, 2.45) is 0 Å². The minimum atomic E-state index is -3.57. The molecule has 0 unspecified atom stereocenters. The molecule has 0 aliphatic heterocycles. The molecular formula is C18H19NO5S. The van der Waals surface area contributed by atoms with Gasteiger partial charge in [-0.3, -0.25) is 4.79 Å². The number of aryl methyl sites for hydroxylation is 1. The number of hydrogen-bond acceptors (Lipinski definition) is 5. The Morgan fingerprint density at radius 2 is 1.68 bits per heavy atom. The fraction of sp³-hybridized carbons (Fsp3) is 0.222. The van der Waals surface area contributed by atoms with Crippen LogP contribution in [0.4, 0.5) is 0 Å². The van der Waals surface area contributed by atoms with Crippen LogP contribution in [0.5, 0.6) is 0 Å². The molecule has 2 aromatic carbocycles. The SMILES string of the molecule is Cc1ccccc1CNC(=O)COC(=O)c1ccccc1S(C)(=O)=O. The van der Waals surface area contributed by atoms with Crippen LogP contribution in [0.3, 0.4) is 0 Å². The minimum Gasteiger partial charge on any atom is -0.452 e. The summed E-state index contributed by atoms with van der Waals surface area (Å²) < 4.78 is 28.3. The van der Waals surface area contributed by atoms with Gasteiger partial charge in [0.05, 0.1) is 10.5 Å². The number of carbonyl (C=O) groups is 2. The lowest BCUT2D eigenvalue weighted by Gasteiger charge is -2.10. The van der Waals surface area contributed by atoms with Crippen molar-refractivity contribution in [3.05, 3.63) is 65.2 Å². The Morgan fingerprint density at radius 3 is 2.36 bits per heavy atom. The second-order valence-electron chi connectivity index (χ2n) is 5.55. The first-order valence-corrected chi connectivity index (χ1v) is 9.45. The number of nitrogens with one attached hydrogen (secondary N) is 1. The molecule has 1 N–H and O–H groups in total. The van der Waals surface area contributed by atoms with E-state index in [1.807, 2.05) is 31.2 Å². The lowest BCUT2D eigenvalue weighted by atomic mass is 10.1. The summed E-state index contributed by atoms with van der Waals surface area (Å²) in [6.45, 7) is 1.77. The van der Waals surface area contributed by atoms with Crippen molar-refractivity contribution in [2.75, 3.05) is 12.9 Å². The summed E-state index contributed by atoms with van der Waals surface area (Å²) in [5, 5.41) is 2.66. The summed E-state index contributed by atoms with van der Waals surface area (Å²) >= 11 is 0. The summed E-state index contributed by atoms with van der Waals surface area (Å²) in [4.78, 5) is 23.8. The minimum absolute atomic E-state index is 0.0864. The molecule has 0 saturated heterocycles. The van der Waals surface area contributed by atoms with Gasteiger partial charge in [-0.25, -0.2) is 13.2 Å². The smallest absolute Gasteiger partial charge is 0.339 e. The first-order chi connectivity index (χ1) is 11.8. The van der Waals surface area contributed by atoms with Crippen LogP contribution in [0.2, 0.25) is 0 Å². The Morgan fingerprint density at radius 1 is 1.04 bits per heavy atom. The maximum absolute atomic E-state index is 12.1. The van der Waals surface area contributed by atoms with Gasteiger partial charge >= 0.3 is 5.97 Å². The zero-order valence-electron chi connectivity index (χ0n) is 14.0. The van der Waals surface area contributed by atoms with Crippen molar-refractivity contribution in [2.45, 2.75) is 18.4 Å². The second-order valence-corrected chi connectivity index (χ2v) is 7.53. The highest BCUT2D eigenvalue weighted by atomic mass is 32.2. The van der Waals surface area contributed by atoms with Crippen LogP contribution in [-0.4, -0.2) is 33.2 Å². The molecule has 0 spiro atoms. The second kappa shape index (κ2) is 7.94. The van der Waals surface area contributed by atoms with Crippen LogP contribution < -0.4 is 5.32 Å². The van der Waals surface area contributed by atoms with Crippen LogP contribution in [0, 0.1) is 6.92 Å². The van der Waals surface area contributed by atoms with Gasteiger partial charge in [-0.15, -0.1) is 0 Å². The van der Waals surface area contributed by atoms with Crippen LogP contribution in [0.15, 0.2) is 53.4 Å². The fourth-order valence-electron chi connectivity index (χ4n) is 2.22. The third kappa shape index (κ3) is 5.15. The molecule has 25 heavy (non-hydrogen) atoms. The van der Waals surface area contributed by atoms with Gasteiger partial charge in [0, 0.05) is 12.8 Å². The van der Waals surface area contributed by atoms with Crippen LogP contribution in [0.1, 0.15) is 21.5 Å². The number of rotatable bonds is 6. The molecule has 0 atom stereocenters. The number of ether oxygens (including phenoxy) is 1. The van der Waals surface area contributed by atoms with Crippen molar-refractivity contribution in [3.8, 4) is 0 Å². The van der Waals surface area contributed by atoms with Crippen LogP contribution in [-0.2, 0) is 25.9 Å². The quantitative estimate of drug-likeness (QED) is 0.794. The van der Waals surface area contributed by atoms with E-state index in [0.717, 1.165) is 17.4 Å². The molecule has 0 aromatic heterocycles. The third-order valence-electron chi connectivity index (χ3n) is 3.58. The lowest BCUT2D eigenvalue weighted by molar-refractivity contribution is -0.124. The zero-order chi connectivity index (χ0) is 18.4. The maximum atomic E-state index is 12.1. The monoisotopic (exact) mass is 361 g/mol. The van der Waals surface area contributed by atoms with E-state index in [4.69, 9.17) is 4.74 Å². The normalized spacial score (nSPS) is 11.0. The Balaban J connectivity index is 1.94. The van der Waals surface area contributed by atoms with E-state index in [1.165, 1.54) is 24.3 Å². The van der Waals surface area contributed by atoms with E-state index in [1.54, 1.807) is 0 Å². The largest absolute Gasteiger partial charge is 0.452 e. The van der Waals surface area contributed by atoms with Crippen molar-refractivity contribution >= 4 is 21.7 Å². The van der Waals surface area contributed by atoms with Gasteiger partial charge in [-0.05, 0) is 30.2 Å². The molecule has 132 valence electrons. The summed E-state index contributed by atoms with van der Waals surface area (Å²) in [6.07, 6.45) is 1.01. The molecule has 7 heteroatoms. The highest BCUT2D eigenvalue weighted by molar-refractivity contribution is 7.90. The molecule has 0 aliphatic carbocycles. The van der Waals surface area contributed by atoms with E-state index in [-0.39, 0.29) is 10.5 Å². The van der Waals surface area contributed by atoms with Crippen molar-refractivity contribution in [1.29, 1.82) is 0 Å². The van der Waals surface area contributed by atoms with Crippen molar-refractivity contribution in [1.82, 2.24) is 5.32 Å². The van der Waals surface area contributed by atoms with E-state index >= 15 is 0 Å². The lowest BCUT2D eigenvalue weighted by Crippen LogP contribution is -2.28. The molecule has 2 rings (SSSR count). The van der Waals surface area contributed by atoms with Gasteiger partial charge in [0.15, 0.2) is 16.4 Å². The molecule has 6 nitrogen and oxygen atoms in total. The number of amides is 1. The molecule has 0 heterocycles. The van der Waals surface area contributed by atoms with E-state index < -0.39 is 28.3 Å². The van der Waals surface area contributed by atoms with Crippen molar-refractivity contribution in [3.63, 3.8) is 0 Å². The molecule has 0 aliphatic rings.